The summed E-state index contributed by atoms with van der Waals surface area (Å²) in [6.07, 6.45) is 0. The quantitative estimate of drug-likeness (QED) is 0.488. The summed E-state index contributed by atoms with van der Waals surface area (Å²) in [5, 5.41) is 4.09. The van der Waals surface area contributed by atoms with E-state index >= 15 is 0 Å². The van der Waals surface area contributed by atoms with Crippen molar-refractivity contribution >= 4 is 17.5 Å². The molecule has 29 heavy (non-hydrogen) atoms. The van der Waals surface area contributed by atoms with Crippen LogP contribution in [0.1, 0.15) is 26.3 Å². The third-order valence-corrected chi connectivity index (χ3v) is 4.98. The van der Waals surface area contributed by atoms with E-state index in [2.05, 4.69) is 10.1 Å². The molecule has 2 amide bonds. The lowest BCUT2D eigenvalue weighted by atomic mass is 10.1. The fourth-order valence-corrected chi connectivity index (χ4v) is 3.52. The molecule has 4 aromatic rings. The number of aryl methyl sites for hydroxylation is 1. The van der Waals surface area contributed by atoms with Crippen LogP contribution in [0.5, 0.6) is 0 Å². The Balaban J connectivity index is 1.60. The van der Waals surface area contributed by atoms with Gasteiger partial charge < -0.3 is 4.52 Å². The molecule has 140 valence electrons. The number of fused-ring (bicyclic) bond motifs is 1. The van der Waals surface area contributed by atoms with Crippen molar-refractivity contribution in [1.29, 1.82) is 0 Å². The summed E-state index contributed by atoms with van der Waals surface area (Å²) in [5.41, 5.74) is 3.60. The van der Waals surface area contributed by atoms with Crippen molar-refractivity contribution in [1.82, 2.24) is 10.1 Å². The summed E-state index contributed by atoms with van der Waals surface area (Å²) >= 11 is 0. The fraction of sp³-hybridized carbons (Fsp3) is 0.0435. The number of aromatic nitrogens is 2. The van der Waals surface area contributed by atoms with Crippen LogP contribution in [0.2, 0.25) is 0 Å². The van der Waals surface area contributed by atoms with Crippen LogP contribution in [0.4, 0.5) is 5.69 Å². The minimum Gasteiger partial charge on any atom is -0.334 e. The van der Waals surface area contributed by atoms with Crippen molar-refractivity contribution in [3.63, 3.8) is 0 Å². The monoisotopic (exact) mass is 381 g/mol. The zero-order chi connectivity index (χ0) is 20.0. The maximum Gasteiger partial charge on any atom is 0.266 e. The average molecular weight is 381 g/mol. The molecule has 0 fully saturated rings. The summed E-state index contributed by atoms with van der Waals surface area (Å²) in [7, 11) is 0. The van der Waals surface area contributed by atoms with Crippen molar-refractivity contribution < 1.29 is 14.1 Å². The van der Waals surface area contributed by atoms with E-state index in [-0.39, 0.29) is 17.7 Å². The minimum atomic E-state index is -0.364. The van der Waals surface area contributed by atoms with Gasteiger partial charge in [0.05, 0.1) is 22.4 Å². The molecule has 0 bridgehead atoms. The highest BCUT2D eigenvalue weighted by Gasteiger charge is 2.37. The molecule has 0 aliphatic carbocycles. The Kier molecular flexibility index (Phi) is 3.84. The van der Waals surface area contributed by atoms with E-state index in [4.69, 9.17) is 4.52 Å². The highest BCUT2D eigenvalue weighted by molar-refractivity contribution is 6.35. The van der Waals surface area contributed by atoms with Gasteiger partial charge >= 0.3 is 0 Å². The van der Waals surface area contributed by atoms with Crippen LogP contribution >= 0.6 is 0 Å². The molecule has 1 aliphatic heterocycles. The number of hydrogen-bond donors (Lipinski definition) is 0. The first-order valence-corrected chi connectivity index (χ1v) is 9.12. The van der Waals surface area contributed by atoms with Gasteiger partial charge in [-0.25, -0.2) is 4.90 Å². The molecule has 0 atom stereocenters. The third-order valence-electron chi connectivity index (χ3n) is 4.98. The molecule has 6 nitrogen and oxygen atoms in total. The molecular formula is C23H15N3O3. The van der Waals surface area contributed by atoms with Gasteiger partial charge in [0, 0.05) is 5.56 Å². The Bertz CT molecular complexity index is 1240. The Hall–Kier alpha value is -4.06. The van der Waals surface area contributed by atoms with Crippen LogP contribution < -0.4 is 4.90 Å². The van der Waals surface area contributed by atoms with Crippen LogP contribution in [-0.4, -0.2) is 22.0 Å². The number of rotatable bonds is 3. The zero-order valence-corrected chi connectivity index (χ0v) is 15.5. The van der Waals surface area contributed by atoms with Gasteiger partial charge in [-0.2, -0.15) is 4.98 Å². The van der Waals surface area contributed by atoms with Gasteiger partial charge in [-0.15, -0.1) is 0 Å². The van der Waals surface area contributed by atoms with Crippen LogP contribution in [0, 0.1) is 6.92 Å². The van der Waals surface area contributed by atoms with Gasteiger partial charge in [0.2, 0.25) is 5.82 Å². The van der Waals surface area contributed by atoms with Crippen LogP contribution in [0.15, 0.2) is 77.3 Å². The SMILES string of the molecule is Cc1ccccc1-c1noc(-c2ccccc2N2C(=O)c3ccccc3C2=O)n1. The van der Waals surface area contributed by atoms with Gasteiger partial charge in [0.1, 0.15) is 0 Å². The van der Waals surface area contributed by atoms with E-state index in [0.29, 0.717) is 28.2 Å². The topological polar surface area (TPSA) is 76.3 Å². The van der Waals surface area contributed by atoms with Gasteiger partial charge in [-0.3, -0.25) is 9.59 Å². The molecular weight excluding hydrogens is 366 g/mol. The Morgan fingerprint density at radius 1 is 0.724 bits per heavy atom. The Labute approximate surface area is 166 Å². The summed E-state index contributed by atoms with van der Waals surface area (Å²) in [4.78, 5) is 31.5. The maximum absolute atomic E-state index is 12.9. The summed E-state index contributed by atoms with van der Waals surface area (Å²) < 4.78 is 5.50. The van der Waals surface area contributed by atoms with E-state index in [1.807, 2.05) is 31.2 Å². The smallest absolute Gasteiger partial charge is 0.266 e. The van der Waals surface area contributed by atoms with Crippen LogP contribution in [0.3, 0.4) is 0 Å². The lowest BCUT2D eigenvalue weighted by molar-refractivity contribution is 0.0926. The van der Waals surface area contributed by atoms with Crippen LogP contribution in [0.25, 0.3) is 22.8 Å². The number of anilines is 1. The van der Waals surface area contributed by atoms with E-state index < -0.39 is 0 Å². The van der Waals surface area contributed by atoms with Crippen molar-refractivity contribution in [3.8, 4) is 22.8 Å². The molecule has 1 aliphatic rings. The lowest BCUT2D eigenvalue weighted by Crippen LogP contribution is -2.29. The van der Waals surface area contributed by atoms with Gasteiger partial charge in [0.15, 0.2) is 0 Å². The third kappa shape index (κ3) is 2.65. The number of para-hydroxylation sites is 1. The number of amides is 2. The zero-order valence-electron chi connectivity index (χ0n) is 15.5. The molecule has 0 radical (unpaired) electrons. The van der Waals surface area contributed by atoms with Crippen molar-refractivity contribution in [3.05, 3.63) is 89.5 Å². The predicted molar refractivity (Wildman–Crippen MR) is 107 cm³/mol. The summed E-state index contributed by atoms with van der Waals surface area (Å²) in [5.74, 6) is -0.0286. The normalized spacial score (nSPS) is 13.1. The van der Waals surface area contributed by atoms with Crippen molar-refractivity contribution in [2.75, 3.05) is 4.90 Å². The standard InChI is InChI=1S/C23H15N3O3/c1-14-8-2-3-9-15(14)20-24-21(29-25-20)18-12-6-7-13-19(18)26-22(27)16-10-4-5-11-17(16)23(26)28/h2-13H,1H3. The second-order valence-corrected chi connectivity index (χ2v) is 6.75. The molecule has 1 aromatic heterocycles. The molecule has 2 heterocycles. The molecule has 5 rings (SSSR count). The predicted octanol–water partition coefficient (Wildman–Crippen LogP) is 4.51. The van der Waals surface area contributed by atoms with Crippen molar-refractivity contribution in [2.24, 2.45) is 0 Å². The fourth-order valence-electron chi connectivity index (χ4n) is 3.52. The molecule has 0 unspecified atom stereocenters. The van der Waals surface area contributed by atoms with Crippen molar-refractivity contribution in [2.45, 2.75) is 6.92 Å². The number of carbonyl (C=O) groups is 2. The molecule has 0 saturated heterocycles. The van der Waals surface area contributed by atoms with E-state index in [0.717, 1.165) is 16.0 Å². The van der Waals surface area contributed by atoms with E-state index in [1.165, 1.54) is 0 Å². The lowest BCUT2D eigenvalue weighted by Gasteiger charge is -2.16. The first kappa shape index (κ1) is 17.1. The highest BCUT2D eigenvalue weighted by atomic mass is 16.5. The second-order valence-electron chi connectivity index (χ2n) is 6.75. The summed E-state index contributed by atoms with van der Waals surface area (Å²) in [6, 6.07) is 21.6. The van der Waals surface area contributed by atoms with E-state index in [9.17, 15) is 9.59 Å². The Morgan fingerprint density at radius 2 is 1.28 bits per heavy atom. The maximum atomic E-state index is 12.9. The number of imide groups is 1. The molecule has 3 aromatic carbocycles. The first-order valence-electron chi connectivity index (χ1n) is 9.12. The molecule has 0 spiro atoms. The molecule has 0 saturated carbocycles. The molecule has 6 heteroatoms. The average Bonchev–Trinajstić information content (AvgIpc) is 3.33. The number of benzene rings is 3. The minimum absolute atomic E-state index is 0.246. The van der Waals surface area contributed by atoms with Gasteiger partial charge in [-0.1, -0.05) is 53.7 Å². The largest absolute Gasteiger partial charge is 0.334 e. The van der Waals surface area contributed by atoms with Crippen LogP contribution in [-0.2, 0) is 0 Å². The Morgan fingerprint density at radius 3 is 1.93 bits per heavy atom. The van der Waals surface area contributed by atoms with Gasteiger partial charge in [-0.05, 0) is 36.8 Å². The molecule has 0 N–H and O–H groups in total. The highest BCUT2D eigenvalue weighted by Crippen LogP contribution is 2.36. The second kappa shape index (κ2) is 6.53. The number of hydrogen-bond acceptors (Lipinski definition) is 5. The number of carbonyl (C=O) groups excluding carboxylic acids is 2. The van der Waals surface area contributed by atoms with Gasteiger partial charge in [0.25, 0.3) is 17.7 Å². The first-order chi connectivity index (χ1) is 14.1. The summed E-state index contributed by atoms with van der Waals surface area (Å²) in [6.45, 7) is 1.97. The van der Waals surface area contributed by atoms with E-state index in [1.54, 1.807) is 48.5 Å². The number of nitrogens with zero attached hydrogens (tertiary/aromatic N) is 3.